The van der Waals surface area contributed by atoms with Crippen LogP contribution in [0.1, 0.15) is 22.7 Å². The Morgan fingerprint density at radius 3 is 2.40 bits per heavy atom. The Morgan fingerprint density at radius 2 is 1.75 bits per heavy atom. The molecule has 0 bridgehead atoms. The van der Waals surface area contributed by atoms with Crippen molar-refractivity contribution in [2.75, 3.05) is 7.11 Å². The molecule has 5 heteroatoms. The first-order valence-corrected chi connectivity index (χ1v) is 5.99. The van der Waals surface area contributed by atoms with Crippen LogP contribution in [-0.2, 0) is 0 Å². The van der Waals surface area contributed by atoms with Crippen molar-refractivity contribution >= 4 is 0 Å². The molecular weight excluding hydrogens is 267 g/mol. The van der Waals surface area contributed by atoms with Gasteiger partial charge in [0.15, 0.2) is 11.6 Å². The number of halogens is 3. The molecule has 0 aliphatic rings. The summed E-state index contributed by atoms with van der Waals surface area (Å²) in [5.41, 5.74) is 5.72. The summed E-state index contributed by atoms with van der Waals surface area (Å²) in [7, 11) is 1.31. The number of hydrogen-bond donors (Lipinski definition) is 1. The number of rotatable bonds is 3. The van der Waals surface area contributed by atoms with E-state index in [2.05, 4.69) is 0 Å². The van der Waals surface area contributed by atoms with Gasteiger partial charge in [0.25, 0.3) is 0 Å². The van der Waals surface area contributed by atoms with Gasteiger partial charge in [-0.3, -0.25) is 0 Å². The van der Waals surface area contributed by atoms with Gasteiger partial charge in [-0.25, -0.2) is 13.2 Å². The highest BCUT2D eigenvalue weighted by Crippen LogP contribution is 2.31. The van der Waals surface area contributed by atoms with Crippen molar-refractivity contribution in [1.29, 1.82) is 0 Å². The standard InChI is InChI=1S/C15H14F3NO/c1-8-6-7-10(16)12(13(8)17)15(19)9-4-3-5-11(20-2)14(9)18/h3-7,15H,19H2,1-2H3. The lowest BCUT2D eigenvalue weighted by molar-refractivity contribution is 0.382. The van der Waals surface area contributed by atoms with Crippen LogP contribution in [0.5, 0.6) is 5.75 Å². The zero-order chi connectivity index (χ0) is 14.9. The summed E-state index contributed by atoms with van der Waals surface area (Å²) in [6.45, 7) is 1.49. The molecule has 0 heterocycles. The smallest absolute Gasteiger partial charge is 0.170 e. The summed E-state index contributed by atoms with van der Waals surface area (Å²) < 4.78 is 46.8. The van der Waals surface area contributed by atoms with Crippen molar-refractivity contribution in [1.82, 2.24) is 0 Å². The first kappa shape index (κ1) is 14.4. The molecule has 0 spiro atoms. The molecule has 0 saturated heterocycles. The zero-order valence-electron chi connectivity index (χ0n) is 11.1. The van der Waals surface area contributed by atoms with Gasteiger partial charge in [-0.1, -0.05) is 18.2 Å². The average Bonchev–Trinajstić information content (AvgIpc) is 2.43. The SMILES string of the molecule is COc1cccc(C(N)c2c(F)ccc(C)c2F)c1F. The number of aryl methyl sites for hydroxylation is 1. The van der Waals surface area contributed by atoms with Crippen LogP contribution >= 0.6 is 0 Å². The number of ether oxygens (including phenoxy) is 1. The first-order chi connectivity index (χ1) is 9.47. The third-order valence-corrected chi connectivity index (χ3v) is 3.18. The molecule has 0 aliphatic carbocycles. The van der Waals surface area contributed by atoms with Crippen LogP contribution in [0.2, 0.25) is 0 Å². The van der Waals surface area contributed by atoms with Crippen molar-refractivity contribution in [3.8, 4) is 5.75 Å². The molecule has 2 aromatic rings. The third-order valence-electron chi connectivity index (χ3n) is 3.18. The molecule has 2 rings (SSSR count). The number of hydrogen-bond acceptors (Lipinski definition) is 2. The fourth-order valence-corrected chi connectivity index (χ4v) is 2.04. The normalized spacial score (nSPS) is 12.3. The molecule has 0 amide bonds. The molecule has 20 heavy (non-hydrogen) atoms. The van der Waals surface area contributed by atoms with Gasteiger partial charge in [0.05, 0.1) is 13.2 Å². The van der Waals surface area contributed by atoms with Gasteiger partial charge in [-0.05, 0) is 24.6 Å². The second-order valence-corrected chi connectivity index (χ2v) is 4.43. The van der Waals surface area contributed by atoms with Gasteiger partial charge in [0.1, 0.15) is 11.6 Å². The number of methoxy groups -OCH3 is 1. The largest absolute Gasteiger partial charge is 0.494 e. The highest BCUT2D eigenvalue weighted by molar-refractivity contribution is 5.40. The molecule has 2 N–H and O–H groups in total. The van der Waals surface area contributed by atoms with Crippen LogP contribution in [0.25, 0.3) is 0 Å². The summed E-state index contributed by atoms with van der Waals surface area (Å²) >= 11 is 0. The molecular formula is C15H14F3NO. The highest BCUT2D eigenvalue weighted by atomic mass is 19.1. The van der Waals surface area contributed by atoms with E-state index in [4.69, 9.17) is 10.5 Å². The summed E-state index contributed by atoms with van der Waals surface area (Å²) in [4.78, 5) is 0. The maximum Gasteiger partial charge on any atom is 0.170 e. The van der Waals surface area contributed by atoms with E-state index in [1.54, 1.807) is 0 Å². The predicted octanol–water partition coefficient (Wildman–Crippen LogP) is 3.47. The maximum absolute atomic E-state index is 14.1. The molecule has 0 fully saturated rings. The van der Waals surface area contributed by atoms with Gasteiger partial charge in [-0.15, -0.1) is 0 Å². The van der Waals surface area contributed by atoms with Gasteiger partial charge in [0, 0.05) is 11.1 Å². The Kier molecular flexibility index (Phi) is 3.99. The minimum atomic E-state index is -1.25. The summed E-state index contributed by atoms with van der Waals surface area (Å²) in [5.74, 6) is -2.31. The van der Waals surface area contributed by atoms with Gasteiger partial charge in [0.2, 0.25) is 0 Å². The van der Waals surface area contributed by atoms with Crippen LogP contribution in [-0.4, -0.2) is 7.11 Å². The van der Waals surface area contributed by atoms with Crippen molar-refractivity contribution in [2.24, 2.45) is 5.73 Å². The molecule has 106 valence electrons. The topological polar surface area (TPSA) is 35.2 Å². The minimum Gasteiger partial charge on any atom is -0.494 e. The van der Waals surface area contributed by atoms with Gasteiger partial charge >= 0.3 is 0 Å². The first-order valence-electron chi connectivity index (χ1n) is 5.99. The van der Waals surface area contributed by atoms with E-state index in [-0.39, 0.29) is 22.4 Å². The fraction of sp³-hybridized carbons (Fsp3) is 0.200. The molecule has 0 radical (unpaired) electrons. The molecule has 0 aliphatic heterocycles. The Balaban J connectivity index is 2.58. The molecule has 1 atom stereocenters. The van der Waals surface area contributed by atoms with Gasteiger partial charge in [-0.2, -0.15) is 0 Å². The van der Waals surface area contributed by atoms with E-state index in [1.165, 1.54) is 38.3 Å². The maximum atomic E-state index is 14.1. The second kappa shape index (κ2) is 5.54. The van der Waals surface area contributed by atoms with Crippen LogP contribution in [0.3, 0.4) is 0 Å². The van der Waals surface area contributed by atoms with Crippen LogP contribution in [0.4, 0.5) is 13.2 Å². The molecule has 2 nitrogen and oxygen atoms in total. The van der Waals surface area contributed by atoms with E-state index in [0.29, 0.717) is 0 Å². The quantitative estimate of drug-likeness (QED) is 0.935. The van der Waals surface area contributed by atoms with Crippen molar-refractivity contribution in [3.05, 3.63) is 64.5 Å². The average molecular weight is 281 g/mol. The third kappa shape index (κ3) is 2.36. The Morgan fingerprint density at radius 1 is 1.05 bits per heavy atom. The number of benzene rings is 2. The van der Waals surface area contributed by atoms with E-state index < -0.39 is 23.5 Å². The summed E-state index contributed by atoms with van der Waals surface area (Å²) in [5, 5.41) is 0. The molecule has 2 aromatic carbocycles. The highest BCUT2D eigenvalue weighted by Gasteiger charge is 2.23. The van der Waals surface area contributed by atoms with E-state index in [1.807, 2.05) is 0 Å². The van der Waals surface area contributed by atoms with Crippen LogP contribution in [0.15, 0.2) is 30.3 Å². The lowest BCUT2D eigenvalue weighted by Gasteiger charge is -2.17. The van der Waals surface area contributed by atoms with Crippen molar-refractivity contribution < 1.29 is 17.9 Å². The Bertz CT molecular complexity index is 643. The monoisotopic (exact) mass is 281 g/mol. The van der Waals surface area contributed by atoms with Crippen molar-refractivity contribution in [3.63, 3.8) is 0 Å². The van der Waals surface area contributed by atoms with E-state index in [9.17, 15) is 13.2 Å². The lowest BCUT2D eigenvalue weighted by Crippen LogP contribution is -2.18. The Labute approximate surface area is 115 Å². The van der Waals surface area contributed by atoms with E-state index in [0.717, 1.165) is 6.07 Å². The van der Waals surface area contributed by atoms with Crippen LogP contribution in [0, 0.1) is 24.4 Å². The predicted molar refractivity (Wildman–Crippen MR) is 70.1 cm³/mol. The molecule has 1 unspecified atom stereocenters. The van der Waals surface area contributed by atoms with E-state index >= 15 is 0 Å². The number of nitrogens with two attached hydrogens (primary N) is 1. The second-order valence-electron chi connectivity index (χ2n) is 4.43. The van der Waals surface area contributed by atoms with Crippen LogP contribution < -0.4 is 10.5 Å². The molecule has 0 saturated carbocycles. The van der Waals surface area contributed by atoms with Gasteiger partial charge < -0.3 is 10.5 Å². The Hall–Kier alpha value is -2.01. The minimum absolute atomic E-state index is 0.0206. The lowest BCUT2D eigenvalue weighted by atomic mass is 9.96. The summed E-state index contributed by atoms with van der Waals surface area (Å²) in [6, 6.07) is 5.49. The molecule has 0 aromatic heterocycles. The summed E-state index contributed by atoms with van der Waals surface area (Å²) in [6.07, 6.45) is 0. The van der Waals surface area contributed by atoms with Crippen molar-refractivity contribution in [2.45, 2.75) is 13.0 Å². The zero-order valence-corrected chi connectivity index (χ0v) is 11.1. The fourth-order valence-electron chi connectivity index (χ4n) is 2.04.